The fourth-order valence-corrected chi connectivity index (χ4v) is 5.98. The third-order valence-electron chi connectivity index (χ3n) is 8.16. The Morgan fingerprint density at radius 1 is 0.512 bits per heavy atom. The Labute approximate surface area is 256 Å². The van der Waals surface area contributed by atoms with Crippen LogP contribution in [-0.4, -0.2) is 36.5 Å². The fraction of sp³-hybridized carbons (Fsp3) is 0.231. The van der Waals surface area contributed by atoms with E-state index in [1.54, 1.807) is 0 Å². The van der Waals surface area contributed by atoms with Crippen LogP contribution in [0.2, 0.25) is 0 Å². The molecule has 2 N–H and O–H groups in total. The van der Waals surface area contributed by atoms with Crippen molar-refractivity contribution in [3.63, 3.8) is 0 Å². The molecule has 4 heteroatoms. The molecule has 0 heterocycles. The van der Waals surface area contributed by atoms with E-state index in [4.69, 9.17) is 0 Å². The molecule has 0 unspecified atom stereocenters. The highest BCUT2D eigenvalue weighted by Gasteiger charge is 2.22. The predicted octanol–water partition coefficient (Wildman–Crippen LogP) is 7.48. The first-order chi connectivity index (χ1) is 21.1. The van der Waals surface area contributed by atoms with Gasteiger partial charge in [0.1, 0.15) is 0 Å². The predicted molar refractivity (Wildman–Crippen MR) is 179 cm³/mol. The molecule has 5 aromatic rings. The highest BCUT2D eigenvalue weighted by Crippen LogP contribution is 2.38. The molecular formula is C39H42N2O2. The molecule has 4 nitrogen and oxygen atoms in total. The van der Waals surface area contributed by atoms with Gasteiger partial charge in [0.25, 0.3) is 0 Å². The fourth-order valence-electron chi connectivity index (χ4n) is 5.98. The zero-order chi connectivity index (χ0) is 30.0. The summed E-state index contributed by atoms with van der Waals surface area (Å²) >= 11 is 0. The van der Waals surface area contributed by atoms with Gasteiger partial charge in [0.15, 0.2) is 0 Å². The van der Waals surface area contributed by atoms with Crippen LogP contribution < -0.4 is 9.80 Å². The molecule has 0 aliphatic heterocycles. The Kier molecular flexibility index (Phi) is 10.3. The minimum absolute atomic E-state index is 0.0742. The number of benzene rings is 5. The van der Waals surface area contributed by atoms with E-state index in [0.29, 0.717) is 13.1 Å². The van der Waals surface area contributed by atoms with Gasteiger partial charge in [-0.25, -0.2) is 0 Å². The van der Waals surface area contributed by atoms with Crippen LogP contribution in [0.1, 0.15) is 44.9 Å². The second-order valence-electron chi connectivity index (χ2n) is 11.2. The molecule has 0 saturated carbocycles. The van der Waals surface area contributed by atoms with Gasteiger partial charge in [-0.3, -0.25) is 0 Å². The zero-order valence-corrected chi connectivity index (χ0v) is 25.2. The van der Waals surface area contributed by atoms with Crippen molar-refractivity contribution in [2.45, 2.75) is 32.9 Å². The standard InChI is InChI=1S/C39H42N2O2/c1-30-26-35(40(22-24-42)28-32-12-6-3-7-13-32)18-20-37(30)39(34-16-10-5-11-17-34)38-21-19-36(27-31(38)2)41(23-25-43)29-33-14-8-4-9-15-33/h3-21,26-27,39,42-43H,22-25,28-29H2,1-2H3. The SMILES string of the molecule is Cc1cc(N(CCO)Cc2ccccc2)ccc1C(c1ccccc1)c1ccc(N(CCO)Cc2ccccc2)cc1C. The summed E-state index contributed by atoms with van der Waals surface area (Å²) in [6, 6.07) is 45.0. The number of hydrogen-bond acceptors (Lipinski definition) is 4. The van der Waals surface area contributed by atoms with Crippen molar-refractivity contribution < 1.29 is 10.2 Å². The number of nitrogens with zero attached hydrogens (tertiary/aromatic N) is 2. The average molecular weight is 571 g/mol. The summed E-state index contributed by atoms with van der Waals surface area (Å²) in [6.07, 6.45) is 0. The number of aliphatic hydroxyl groups is 2. The maximum absolute atomic E-state index is 9.83. The Balaban J connectivity index is 1.49. The number of aryl methyl sites for hydroxylation is 2. The van der Waals surface area contributed by atoms with E-state index in [1.807, 2.05) is 12.1 Å². The molecule has 0 aromatic heterocycles. The monoisotopic (exact) mass is 570 g/mol. The average Bonchev–Trinajstić information content (AvgIpc) is 3.04. The zero-order valence-electron chi connectivity index (χ0n) is 25.2. The smallest absolute Gasteiger partial charge is 0.0606 e. The van der Waals surface area contributed by atoms with Crippen molar-refractivity contribution in [2.75, 3.05) is 36.1 Å². The summed E-state index contributed by atoms with van der Waals surface area (Å²) in [5, 5.41) is 19.7. The summed E-state index contributed by atoms with van der Waals surface area (Å²) in [4.78, 5) is 4.48. The maximum Gasteiger partial charge on any atom is 0.0606 e. The molecule has 5 aromatic carbocycles. The van der Waals surface area contributed by atoms with Crippen LogP contribution in [0.15, 0.2) is 127 Å². The molecule has 220 valence electrons. The van der Waals surface area contributed by atoms with Gasteiger partial charge in [-0.1, -0.05) is 103 Å². The topological polar surface area (TPSA) is 46.9 Å². The van der Waals surface area contributed by atoms with Crippen LogP contribution in [-0.2, 0) is 13.1 Å². The molecule has 0 atom stereocenters. The molecule has 0 fully saturated rings. The van der Waals surface area contributed by atoms with Gasteiger partial charge in [-0.2, -0.15) is 0 Å². The van der Waals surface area contributed by atoms with Crippen LogP contribution in [0.3, 0.4) is 0 Å². The lowest BCUT2D eigenvalue weighted by molar-refractivity contribution is 0.301. The highest BCUT2D eigenvalue weighted by molar-refractivity contribution is 5.59. The summed E-state index contributed by atoms with van der Waals surface area (Å²) in [6.45, 7) is 7.23. The van der Waals surface area contributed by atoms with Crippen LogP contribution in [0.25, 0.3) is 0 Å². The van der Waals surface area contributed by atoms with Gasteiger partial charge in [-0.15, -0.1) is 0 Å². The molecule has 0 radical (unpaired) electrons. The Bertz CT molecular complexity index is 1470. The van der Waals surface area contributed by atoms with Crippen molar-refractivity contribution in [1.29, 1.82) is 0 Å². The molecule has 0 amide bonds. The Morgan fingerprint density at radius 3 is 1.28 bits per heavy atom. The van der Waals surface area contributed by atoms with Gasteiger partial charge in [-0.05, 0) is 77.1 Å². The lowest BCUT2D eigenvalue weighted by Gasteiger charge is -2.29. The van der Waals surface area contributed by atoms with E-state index in [9.17, 15) is 10.2 Å². The highest BCUT2D eigenvalue weighted by atomic mass is 16.3. The molecule has 43 heavy (non-hydrogen) atoms. The lowest BCUT2D eigenvalue weighted by atomic mass is 9.81. The van der Waals surface area contributed by atoms with Crippen molar-refractivity contribution in [3.05, 3.63) is 166 Å². The molecular weight excluding hydrogens is 528 g/mol. The molecule has 0 bridgehead atoms. The molecule has 0 aliphatic rings. The first-order valence-electron chi connectivity index (χ1n) is 15.1. The van der Waals surface area contributed by atoms with E-state index in [1.165, 1.54) is 38.9 Å². The lowest BCUT2D eigenvalue weighted by Crippen LogP contribution is -2.26. The Hall–Kier alpha value is -4.38. The normalized spacial score (nSPS) is 11.1. The van der Waals surface area contributed by atoms with E-state index in [2.05, 4.69) is 139 Å². The first kappa shape index (κ1) is 30.1. The number of anilines is 2. The van der Waals surface area contributed by atoms with E-state index in [0.717, 1.165) is 24.5 Å². The van der Waals surface area contributed by atoms with Gasteiger partial charge in [0.2, 0.25) is 0 Å². The molecule has 0 saturated heterocycles. The minimum atomic E-state index is 0.0742. The Morgan fingerprint density at radius 2 is 0.907 bits per heavy atom. The second-order valence-corrected chi connectivity index (χ2v) is 11.2. The van der Waals surface area contributed by atoms with Crippen LogP contribution in [0, 0.1) is 13.8 Å². The number of aliphatic hydroxyl groups excluding tert-OH is 2. The number of hydrogen-bond donors (Lipinski definition) is 2. The summed E-state index contributed by atoms with van der Waals surface area (Å²) < 4.78 is 0. The third kappa shape index (κ3) is 7.53. The maximum atomic E-state index is 9.83. The summed E-state index contributed by atoms with van der Waals surface area (Å²) in [7, 11) is 0. The van der Waals surface area contributed by atoms with Crippen molar-refractivity contribution in [2.24, 2.45) is 0 Å². The molecule has 0 aliphatic carbocycles. The van der Waals surface area contributed by atoms with E-state index in [-0.39, 0.29) is 19.1 Å². The largest absolute Gasteiger partial charge is 0.395 e. The van der Waals surface area contributed by atoms with E-state index < -0.39 is 0 Å². The van der Waals surface area contributed by atoms with Crippen LogP contribution in [0.4, 0.5) is 11.4 Å². The number of rotatable bonds is 13. The second kappa shape index (κ2) is 14.7. The molecule has 0 spiro atoms. The summed E-state index contributed by atoms with van der Waals surface area (Å²) in [5.41, 5.74) is 10.9. The first-order valence-corrected chi connectivity index (χ1v) is 15.1. The van der Waals surface area contributed by atoms with Crippen LogP contribution in [0.5, 0.6) is 0 Å². The van der Waals surface area contributed by atoms with Crippen molar-refractivity contribution in [3.8, 4) is 0 Å². The quantitative estimate of drug-likeness (QED) is 0.144. The van der Waals surface area contributed by atoms with Crippen molar-refractivity contribution in [1.82, 2.24) is 0 Å². The minimum Gasteiger partial charge on any atom is -0.395 e. The third-order valence-corrected chi connectivity index (χ3v) is 8.16. The van der Waals surface area contributed by atoms with Gasteiger partial charge in [0.05, 0.1) is 13.2 Å². The van der Waals surface area contributed by atoms with Gasteiger partial charge >= 0.3 is 0 Å². The van der Waals surface area contributed by atoms with Crippen molar-refractivity contribution >= 4 is 11.4 Å². The van der Waals surface area contributed by atoms with Gasteiger partial charge in [0, 0.05) is 43.5 Å². The molecule has 5 rings (SSSR count). The van der Waals surface area contributed by atoms with E-state index >= 15 is 0 Å². The van der Waals surface area contributed by atoms with Crippen LogP contribution >= 0.6 is 0 Å². The summed E-state index contributed by atoms with van der Waals surface area (Å²) in [5.74, 6) is 0.0742. The van der Waals surface area contributed by atoms with Gasteiger partial charge < -0.3 is 20.0 Å².